The van der Waals surface area contributed by atoms with E-state index in [0.717, 1.165) is 0 Å². The lowest BCUT2D eigenvalue weighted by molar-refractivity contribution is 0.566. The monoisotopic (exact) mass is 233 g/mol. The fourth-order valence-corrected chi connectivity index (χ4v) is 1.63. The number of pyridine rings is 1. The first-order chi connectivity index (χ1) is 8.34. The van der Waals surface area contributed by atoms with Crippen LogP contribution >= 0.6 is 0 Å². The van der Waals surface area contributed by atoms with Crippen molar-refractivity contribution < 1.29 is 4.39 Å². The number of hydrogen-bond acceptors (Lipinski definition) is 4. The molecule has 1 fully saturated rings. The smallest absolute Gasteiger partial charge is 0.191 e. The van der Waals surface area contributed by atoms with E-state index in [0.29, 0.717) is 18.2 Å². The zero-order valence-electron chi connectivity index (χ0n) is 9.17. The minimum absolute atomic E-state index is 0.192. The van der Waals surface area contributed by atoms with Gasteiger partial charge in [-0.3, -0.25) is 0 Å². The molecule has 1 N–H and O–H groups in total. The Morgan fingerprint density at radius 3 is 3.06 bits per heavy atom. The highest BCUT2D eigenvalue weighted by Crippen LogP contribution is 2.20. The Labute approximate surface area is 97.7 Å². The van der Waals surface area contributed by atoms with Crippen molar-refractivity contribution in [1.82, 2.24) is 25.1 Å². The third-order valence-corrected chi connectivity index (χ3v) is 2.75. The highest BCUT2D eigenvalue weighted by molar-refractivity contribution is 5.29. The van der Waals surface area contributed by atoms with Crippen LogP contribution in [0.1, 0.15) is 18.4 Å². The molecule has 1 aliphatic rings. The molecule has 0 bridgehead atoms. The lowest BCUT2D eigenvalue weighted by Crippen LogP contribution is -2.17. The third-order valence-electron chi connectivity index (χ3n) is 2.75. The van der Waals surface area contributed by atoms with Crippen molar-refractivity contribution in [3.63, 3.8) is 0 Å². The number of rotatable bonds is 4. The molecule has 2 aromatic rings. The lowest BCUT2D eigenvalue weighted by atomic mass is 10.2. The third kappa shape index (κ3) is 2.16. The van der Waals surface area contributed by atoms with Gasteiger partial charge in [-0.1, -0.05) is 0 Å². The molecule has 1 saturated carbocycles. The van der Waals surface area contributed by atoms with Crippen molar-refractivity contribution in [3.05, 3.63) is 36.3 Å². The maximum absolute atomic E-state index is 14.1. The predicted molar refractivity (Wildman–Crippen MR) is 59.0 cm³/mol. The maximum Gasteiger partial charge on any atom is 0.191 e. The zero-order valence-corrected chi connectivity index (χ0v) is 9.17. The van der Waals surface area contributed by atoms with Gasteiger partial charge in [0.05, 0.1) is 0 Å². The lowest BCUT2D eigenvalue weighted by Gasteiger charge is -2.07. The Morgan fingerprint density at radius 2 is 2.35 bits per heavy atom. The Morgan fingerprint density at radius 1 is 1.47 bits per heavy atom. The van der Waals surface area contributed by atoms with Crippen molar-refractivity contribution in [3.8, 4) is 5.82 Å². The second-order valence-electron chi connectivity index (χ2n) is 4.10. The van der Waals surface area contributed by atoms with Gasteiger partial charge < -0.3 is 5.32 Å². The molecule has 0 aliphatic heterocycles. The standard InChI is InChI=1S/C11H12FN5/c12-10-8(5-15-9-1-2-9)3-4-14-11(10)17-7-13-6-16-17/h3-4,6-7,9,15H,1-2,5H2. The zero-order chi connectivity index (χ0) is 11.7. The second kappa shape index (κ2) is 4.21. The largest absolute Gasteiger partial charge is 0.310 e. The molecule has 1 aliphatic carbocycles. The van der Waals surface area contributed by atoms with E-state index in [1.165, 1.54) is 30.2 Å². The van der Waals surface area contributed by atoms with E-state index in [-0.39, 0.29) is 11.6 Å². The molecule has 0 atom stereocenters. The number of nitrogens with one attached hydrogen (secondary N) is 1. The van der Waals surface area contributed by atoms with Crippen molar-refractivity contribution in [2.75, 3.05) is 0 Å². The number of halogens is 1. The van der Waals surface area contributed by atoms with Gasteiger partial charge in [0.25, 0.3) is 0 Å². The van der Waals surface area contributed by atoms with Crippen LogP contribution in [0.5, 0.6) is 0 Å². The van der Waals surface area contributed by atoms with Crippen molar-refractivity contribution >= 4 is 0 Å². The van der Waals surface area contributed by atoms with E-state index < -0.39 is 0 Å². The van der Waals surface area contributed by atoms with E-state index in [2.05, 4.69) is 20.4 Å². The van der Waals surface area contributed by atoms with Crippen molar-refractivity contribution in [2.24, 2.45) is 0 Å². The fraction of sp³-hybridized carbons (Fsp3) is 0.364. The summed E-state index contributed by atoms with van der Waals surface area (Å²) in [6.45, 7) is 0.528. The van der Waals surface area contributed by atoms with Crippen LogP contribution in [0.3, 0.4) is 0 Å². The first kappa shape index (κ1) is 10.3. The SMILES string of the molecule is Fc1c(CNC2CC2)ccnc1-n1cncn1. The van der Waals surface area contributed by atoms with Crippen LogP contribution in [-0.4, -0.2) is 25.8 Å². The van der Waals surface area contributed by atoms with Gasteiger partial charge in [-0.25, -0.2) is 14.4 Å². The van der Waals surface area contributed by atoms with E-state index in [1.54, 1.807) is 12.3 Å². The van der Waals surface area contributed by atoms with Gasteiger partial charge in [0.2, 0.25) is 0 Å². The summed E-state index contributed by atoms with van der Waals surface area (Å²) in [5.74, 6) is -0.149. The normalized spacial score (nSPS) is 15.1. The Kier molecular flexibility index (Phi) is 2.56. The summed E-state index contributed by atoms with van der Waals surface area (Å²) in [5, 5.41) is 7.15. The van der Waals surface area contributed by atoms with Crippen LogP contribution in [0.15, 0.2) is 24.9 Å². The molecule has 0 amide bonds. The summed E-state index contributed by atoms with van der Waals surface area (Å²) in [7, 11) is 0. The molecule has 17 heavy (non-hydrogen) atoms. The van der Waals surface area contributed by atoms with Crippen molar-refractivity contribution in [1.29, 1.82) is 0 Å². The topological polar surface area (TPSA) is 55.6 Å². The van der Waals surface area contributed by atoms with Gasteiger partial charge in [0, 0.05) is 24.3 Å². The maximum atomic E-state index is 14.1. The molecule has 88 valence electrons. The Bertz CT molecular complexity index is 507. The number of nitrogens with zero attached hydrogens (tertiary/aromatic N) is 4. The van der Waals surface area contributed by atoms with Crippen LogP contribution in [0.4, 0.5) is 4.39 Å². The molecule has 2 aromatic heterocycles. The minimum atomic E-state index is -0.342. The molecule has 3 rings (SSSR count). The van der Waals surface area contributed by atoms with Gasteiger partial charge in [-0.05, 0) is 18.9 Å². The minimum Gasteiger partial charge on any atom is -0.310 e. The predicted octanol–water partition coefficient (Wildman–Crippen LogP) is 1.05. The highest BCUT2D eigenvalue weighted by Gasteiger charge is 2.21. The Balaban J connectivity index is 1.86. The van der Waals surface area contributed by atoms with Crippen LogP contribution in [0.25, 0.3) is 5.82 Å². The van der Waals surface area contributed by atoms with Crippen LogP contribution in [0, 0.1) is 5.82 Å². The molecule has 5 nitrogen and oxygen atoms in total. The van der Waals surface area contributed by atoms with Gasteiger partial charge >= 0.3 is 0 Å². The van der Waals surface area contributed by atoms with Gasteiger partial charge in [-0.15, -0.1) is 0 Å². The molecule has 0 aromatic carbocycles. The van der Waals surface area contributed by atoms with E-state index >= 15 is 0 Å². The Hall–Kier alpha value is -1.82. The second-order valence-corrected chi connectivity index (χ2v) is 4.10. The molecule has 0 unspecified atom stereocenters. The van der Waals surface area contributed by atoms with Gasteiger partial charge in [0.1, 0.15) is 12.7 Å². The van der Waals surface area contributed by atoms with Gasteiger partial charge in [-0.2, -0.15) is 9.78 Å². The summed E-state index contributed by atoms with van der Waals surface area (Å²) in [4.78, 5) is 7.76. The highest BCUT2D eigenvalue weighted by atomic mass is 19.1. The molecule has 0 spiro atoms. The molecule has 6 heteroatoms. The van der Waals surface area contributed by atoms with Crippen LogP contribution < -0.4 is 5.32 Å². The number of hydrogen-bond donors (Lipinski definition) is 1. The van der Waals surface area contributed by atoms with E-state index in [1.807, 2.05) is 0 Å². The average molecular weight is 233 g/mol. The summed E-state index contributed by atoms with van der Waals surface area (Å²) in [5.41, 5.74) is 0.609. The molecule has 2 heterocycles. The van der Waals surface area contributed by atoms with Crippen LogP contribution in [0.2, 0.25) is 0 Å². The molecular weight excluding hydrogens is 221 g/mol. The molecule has 0 saturated heterocycles. The number of aromatic nitrogens is 4. The fourth-order valence-electron chi connectivity index (χ4n) is 1.63. The van der Waals surface area contributed by atoms with E-state index in [9.17, 15) is 4.39 Å². The van der Waals surface area contributed by atoms with Gasteiger partial charge in [0.15, 0.2) is 11.6 Å². The first-order valence-corrected chi connectivity index (χ1v) is 5.56. The summed E-state index contributed by atoms with van der Waals surface area (Å²) < 4.78 is 15.4. The average Bonchev–Trinajstić information content (AvgIpc) is 3.01. The van der Waals surface area contributed by atoms with Crippen molar-refractivity contribution in [2.45, 2.75) is 25.4 Å². The summed E-state index contributed by atoms with van der Waals surface area (Å²) in [6.07, 6.45) is 6.75. The van der Waals surface area contributed by atoms with Crippen LogP contribution in [-0.2, 0) is 6.54 Å². The summed E-state index contributed by atoms with van der Waals surface area (Å²) >= 11 is 0. The quantitative estimate of drug-likeness (QED) is 0.857. The van der Waals surface area contributed by atoms with E-state index in [4.69, 9.17) is 0 Å². The molecular formula is C11H12FN5. The molecule has 0 radical (unpaired) electrons. The first-order valence-electron chi connectivity index (χ1n) is 5.56. The summed E-state index contributed by atoms with van der Waals surface area (Å²) in [6, 6.07) is 2.24.